The molecule has 0 aliphatic carbocycles. The maximum absolute atomic E-state index is 12.6. The highest BCUT2D eigenvalue weighted by atomic mass is 16.1. The van der Waals surface area contributed by atoms with Crippen LogP contribution in [0.3, 0.4) is 0 Å². The quantitative estimate of drug-likeness (QED) is 0.804. The molecule has 2 N–H and O–H groups in total. The fourth-order valence-corrected chi connectivity index (χ4v) is 2.52. The molecule has 22 heavy (non-hydrogen) atoms. The Kier molecular flexibility index (Phi) is 4.02. The van der Waals surface area contributed by atoms with Gasteiger partial charge in [0, 0.05) is 17.0 Å². The number of fused-ring (bicyclic) bond motifs is 1. The highest BCUT2D eigenvalue weighted by Crippen LogP contribution is 2.24. The Balaban J connectivity index is 2.27. The Morgan fingerprint density at radius 2 is 1.68 bits per heavy atom. The molecule has 0 bridgehead atoms. The van der Waals surface area contributed by atoms with Crippen LogP contribution in [0.2, 0.25) is 0 Å². The van der Waals surface area contributed by atoms with Crippen molar-refractivity contribution in [2.45, 2.75) is 25.9 Å². The molecule has 1 aromatic heterocycles. The first kappa shape index (κ1) is 14.5. The molecule has 0 amide bonds. The zero-order valence-corrected chi connectivity index (χ0v) is 12.6. The Labute approximate surface area is 129 Å². The van der Waals surface area contributed by atoms with Crippen LogP contribution < -0.4 is 11.3 Å². The van der Waals surface area contributed by atoms with Crippen molar-refractivity contribution < 1.29 is 0 Å². The van der Waals surface area contributed by atoms with Crippen molar-refractivity contribution in [3.8, 4) is 11.3 Å². The first-order valence-electron chi connectivity index (χ1n) is 7.51. The normalized spacial score (nSPS) is 12.5. The number of nitrogens with two attached hydrogens (primary N) is 1. The molecule has 0 aliphatic rings. The summed E-state index contributed by atoms with van der Waals surface area (Å²) in [6.45, 7) is 2.44. The van der Waals surface area contributed by atoms with Gasteiger partial charge in [0.1, 0.15) is 0 Å². The molecule has 112 valence electrons. The topological polar surface area (TPSA) is 60.9 Å². The lowest BCUT2D eigenvalue weighted by molar-refractivity contribution is 0.485. The summed E-state index contributed by atoms with van der Waals surface area (Å²) in [5.74, 6) is 0. The average Bonchev–Trinajstić information content (AvgIpc) is 2.58. The Morgan fingerprint density at radius 3 is 2.36 bits per heavy atom. The molecule has 1 atom stereocenters. The first-order valence-corrected chi connectivity index (χ1v) is 7.51. The Morgan fingerprint density at radius 1 is 1.05 bits per heavy atom. The minimum Gasteiger partial charge on any atom is -0.326 e. The number of benzene rings is 2. The summed E-state index contributed by atoms with van der Waals surface area (Å²) in [5.41, 5.74) is 7.74. The smallest absolute Gasteiger partial charge is 0.274 e. The van der Waals surface area contributed by atoms with Crippen LogP contribution in [0.5, 0.6) is 0 Å². The molecule has 1 heterocycles. The number of hydrogen-bond donors (Lipinski definition) is 1. The predicted octanol–water partition coefficient (Wildman–Crippen LogP) is 2.80. The van der Waals surface area contributed by atoms with Crippen molar-refractivity contribution in [1.29, 1.82) is 0 Å². The monoisotopic (exact) mass is 293 g/mol. The fourth-order valence-electron chi connectivity index (χ4n) is 2.52. The lowest BCUT2D eigenvalue weighted by Gasteiger charge is -2.14. The summed E-state index contributed by atoms with van der Waals surface area (Å²) in [7, 11) is 0. The molecule has 0 spiro atoms. The van der Waals surface area contributed by atoms with E-state index >= 15 is 0 Å². The van der Waals surface area contributed by atoms with E-state index in [0.29, 0.717) is 11.9 Å². The zero-order chi connectivity index (χ0) is 15.5. The lowest BCUT2D eigenvalue weighted by Crippen LogP contribution is -2.33. The molecule has 2 aromatic carbocycles. The van der Waals surface area contributed by atoms with Gasteiger partial charge in [-0.1, -0.05) is 55.5 Å². The van der Waals surface area contributed by atoms with Crippen LogP contribution in [-0.2, 0) is 6.54 Å². The van der Waals surface area contributed by atoms with E-state index in [2.05, 4.69) is 5.10 Å². The fraction of sp³-hybridized carbons (Fsp3) is 0.222. The molecule has 0 saturated heterocycles. The van der Waals surface area contributed by atoms with Crippen LogP contribution in [0.1, 0.15) is 13.3 Å². The first-order chi connectivity index (χ1) is 10.7. The van der Waals surface area contributed by atoms with E-state index in [1.165, 1.54) is 4.68 Å². The third kappa shape index (κ3) is 2.65. The zero-order valence-electron chi connectivity index (χ0n) is 12.6. The van der Waals surface area contributed by atoms with Crippen LogP contribution in [0.15, 0.2) is 59.4 Å². The van der Waals surface area contributed by atoms with Crippen molar-refractivity contribution in [3.05, 3.63) is 65.0 Å². The van der Waals surface area contributed by atoms with Gasteiger partial charge in [-0.05, 0) is 12.5 Å². The minimum atomic E-state index is -0.0841. The third-order valence-electron chi connectivity index (χ3n) is 3.85. The van der Waals surface area contributed by atoms with Gasteiger partial charge in [-0.3, -0.25) is 4.79 Å². The second-order valence-corrected chi connectivity index (χ2v) is 5.42. The van der Waals surface area contributed by atoms with Gasteiger partial charge in [-0.25, -0.2) is 4.68 Å². The van der Waals surface area contributed by atoms with E-state index in [-0.39, 0.29) is 11.6 Å². The van der Waals surface area contributed by atoms with Gasteiger partial charge >= 0.3 is 0 Å². The van der Waals surface area contributed by atoms with Gasteiger partial charge in [-0.15, -0.1) is 0 Å². The number of hydrogen-bond acceptors (Lipinski definition) is 3. The van der Waals surface area contributed by atoms with Gasteiger partial charge in [0.2, 0.25) is 0 Å². The summed E-state index contributed by atoms with van der Waals surface area (Å²) in [6, 6.07) is 17.4. The van der Waals surface area contributed by atoms with Crippen molar-refractivity contribution in [1.82, 2.24) is 9.78 Å². The van der Waals surface area contributed by atoms with Crippen molar-refractivity contribution in [2.24, 2.45) is 5.73 Å². The average molecular weight is 293 g/mol. The van der Waals surface area contributed by atoms with Gasteiger partial charge in [0.05, 0.1) is 17.6 Å². The van der Waals surface area contributed by atoms with E-state index in [0.717, 1.165) is 23.1 Å². The Bertz CT molecular complexity index is 840. The van der Waals surface area contributed by atoms with Crippen LogP contribution in [0, 0.1) is 0 Å². The van der Waals surface area contributed by atoms with E-state index in [9.17, 15) is 4.79 Å². The third-order valence-corrected chi connectivity index (χ3v) is 3.85. The van der Waals surface area contributed by atoms with Gasteiger partial charge in [-0.2, -0.15) is 5.10 Å². The van der Waals surface area contributed by atoms with Gasteiger partial charge < -0.3 is 5.73 Å². The summed E-state index contributed by atoms with van der Waals surface area (Å²) >= 11 is 0. The summed E-state index contributed by atoms with van der Waals surface area (Å²) < 4.78 is 1.50. The Hall–Kier alpha value is -2.46. The second-order valence-electron chi connectivity index (χ2n) is 5.42. The molecule has 0 fully saturated rings. The molecular weight excluding hydrogens is 274 g/mol. The van der Waals surface area contributed by atoms with Crippen molar-refractivity contribution in [3.63, 3.8) is 0 Å². The lowest BCUT2D eigenvalue weighted by atomic mass is 10.1. The molecular formula is C18H19N3O. The van der Waals surface area contributed by atoms with Gasteiger partial charge in [0.15, 0.2) is 0 Å². The predicted molar refractivity (Wildman–Crippen MR) is 89.7 cm³/mol. The minimum absolute atomic E-state index is 0.0741. The highest BCUT2D eigenvalue weighted by molar-refractivity contribution is 5.93. The largest absolute Gasteiger partial charge is 0.326 e. The molecule has 0 aliphatic heterocycles. The molecule has 0 radical (unpaired) electrons. The number of rotatable bonds is 4. The van der Waals surface area contributed by atoms with Crippen LogP contribution in [0.4, 0.5) is 0 Å². The molecule has 3 aromatic rings. The summed E-state index contributed by atoms with van der Waals surface area (Å²) in [6.07, 6.45) is 0.807. The van der Waals surface area contributed by atoms with E-state index in [1.54, 1.807) is 0 Å². The van der Waals surface area contributed by atoms with Crippen molar-refractivity contribution >= 4 is 10.8 Å². The maximum atomic E-state index is 12.6. The molecule has 4 nitrogen and oxygen atoms in total. The molecule has 0 saturated carbocycles. The highest BCUT2D eigenvalue weighted by Gasteiger charge is 2.13. The summed E-state index contributed by atoms with van der Waals surface area (Å²) in [4.78, 5) is 12.6. The standard InChI is InChI=1S/C18H19N3O/c1-2-14(19)12-21-18(22)16-11-7-6-10-15(16)17(20-21)13-8-4-3-5-9-13/h3-11,14H,2,12,19H2,1H3. The molecule has 3 rings (SSSR count). The van der Waals surface area contributed by atoms with Crippen LogP contribution in [-0.4, -0.2) is 15.8 Å². The van der Waals surface area contributed by atoms with Crippen molar-refractivity contribution in [2.75, 3.05) is 0 Å². The van der Waals surface area contributed by atoms with E-state index in [1.807, 2.05) is 61.5 Å². The summed E-state index contributed by atoms with van der Waals surface area (Å²) in [5, 5.41) is 6.14. The van der Waals surface area contributed by atoms with E-state index in [4.69, 9.17) is 5.73 Å². The van der Waals surface area contributed by atoms with Crippen LogP contribution >= 0.6 is 0 Å². The second kappa shape index (κ2) is 6.12. The van der Waals surface area contributed by atoms with E-state index < -0.39 is 0 Å². The molecule has 4 heteroatoms. The van der Waals surface area contributed by atoms with Gasteiger partial charge in [0.25, 0.3) is 5.56 Å². The maximum Gasteiger partial charge on any atom is 0.274 e. The number of aromatic nitrogens is 2. The SMILES string of the molecule is CCC(N)Cn1nc(-c2ccccc2)c2ccccc2c1=O. The van der Waals surface area contributed by atoms with Crippen LogP contribution in [0.25, 0.3) is 22.0 Å². The number of nitrogens with zero attached hydrogens (tertiary/aromatic N) is 2. The molecule has 1 unspecified atom stereocenters.